The summed E-state index contributed by atoms with van der Waals surface area (Å²) in [7, 11) is 0. The van der Waals surface area contributed by atoms with Crippen molar-refractivity contribution in [2.24, 2.45) is 0 Å². The molecule has 0 saturated heterocycles. The van der Waals surface area contributed by atoms with Gasteiger partial charge in [-0.3, -0.25) is 9.59 Å². The van der Waals surface area contributed by atoms with E-state index in [0.29, 0.717) is 28.5 Å². The van der Waals surface area contributed by atoms with Crippen LogP contribution >= 0.6 is 11.3 Å². The zero-order valence-electron chi connectivity index (χ0n) is 18.5. The molecule has 4 rings (SSSR count). The molecule has 3 aromatic rings. The fourth-order valence-corrected chi connectivity index (χ4v) is 5.13. The van der Waals surface area contributed by atoms with Crippen LogP contribution in [0.25, 0.3) is 10.6 Å². The summed E-state index contributed by atoms with van der Waals surface area (Å²) in [5.74, 6) is -2.28. The summed E-state index contributed by atoms with van der Waals surface area (Å²) in [5.41, 5.74) is 1.48. The Bertz CT molecular complexity index is 1220. The van der Waals surface area contributed by atoms with Crippen molar-refractivity contribution in [3.8, 4) is 10.6 Å². The Hall–Kier alpha value is -3.32. The first-order valence-electron chi connectivity index (χ1n) is 11.0. The van der Waals surface area contributed by atoms with Crippen LogP contribution < -0.4 is 0 Å². The second-order valence-corrected chi connectivity index (χ2v) is 9.02. The first-order valence-corrected chi connectivity index (χ1v) is 11.8. The van der Waals surface area contributed by atoms with Crippen LogP contribution in [0.5, 0.6) is 0 Å². The lowest BCUT2D eigenvalue weighted by Gasteiger charge is -2.27. The number of amides is 1. The van der Waals surface area contributed by atoms with Gasteiger partial charge in [0.2, 0.25) is 5.78 Å². The van der Waals surface area contributed by atoms with Crippen LogP contribution in [-0.2, 0) is 4.79 Å². The summed E-state index contributed by atoms with van der Waals surface area (Å²) in [4.78, 5) is 32.9. The molecule has 2 aromatic carbocycles. The molecule has 1 aromatic heterocycles. The second-order valence-electron chi connectivity index (χ2n) is 8.02. The normalized spacial score (nSPS) is 16.0. The van der Waals surface area contributed by atoms with Crippen molar-refractivity contribution in [1.82, 2.24) is 9.88 Å². The van der Waals surface area contributed by atoms with Crippen molar-refractivity contribution in [3.63, 3.8) is 0 Å². The quantitative estimate of drug-likeness (QED) is 0.327. The van der Waals surface area contributed by atoms with E-state index < -0.39 is 29.3 Å². The zero-order chi connectivity index (χ0) is 23.5. The van der Waals surface area contributed by atoms with E-state index in [-0.39, 0.29) is 11.1 Å². The van der Waals surface area contributed by atoms with Gasteiger partial charge in [0, 0.05) is 17.7 Å². The minimum Gasteiger partial charge on any atom is -0.503 e. The summed E-state index contributed by atoms with van der Waals surface area (Å²) >= 11 is 1.21. The smallest absolute Gasteiger partial charge is 0.290 e. The molecule has 1 aliphatic rings. The van der Waals surface area contributed by atoms with E-state index in [1.807, 2.05) is 37.3 Å². The van der Waals surface area contributed by atoms with Crippen molar-refractivity contribution in [1.29, 1.82) is 0 Å². The van der Waals surface area contributed by atoms with Gasteiger partial charge < -0.3 is 10.0 Å². The Kier molecular flexibility index (Phi) is 6.70. The van der Waals surface area contributed by atoms with Crippen molar-refractivity contribution in [2.75, 3.05) is 6.54 Å². The number of hydrogen-bond donors (Lipinski definition) is 1. The van der Waals surface area contributed by atoms with Crippen molar-refractivity contribution < 1.29 is 19.1 Å². The Morgan fingerprint density at radius 2 is 1.82 bits per heavy atom. The van der Waals surface area contributed by atoms with Crippen LogP contribution in [0.15, 0.2) is 65.9 Å². The Morgan fingerprint density at radius 3 is 2.52 bits per heavy atom. The molecular weight excluding hydrogens is 439 g/mol. The highest BCUT2D eigenvalue weighted by Gasteiger charge is 2.45. The summed E-state index contributed by atoms with van der Waals surface area (Å²) in [6.07, 6.45) is 2.52. The van der Waals surface area contributed by atoms with Gasteiger partial charge in [-0.25, -0.2) is 9.37 Å². The van der Waals surface area contributed by atoms with Crippen molar-refractivity contribution in [3.05, 3.63) is 87.9 Å². The number of aromatic nitrogens is 1. The van der Waals surface area contributed by atoms with Gasteiger partial charge in [-0.05, 0) is 19.4 Å². The molecule has 7 heteroatoms. The highest BCUT2D eigenvalue weighted by Crippen LogP contribution is 2.41. The van der Waals surface area contributed by atoms with Gasteiger partial charge in [0.1, 0.15) is 10.8 Å². The molecule has 0 radical (unpaired) electrons. The number of rotatable bonds is 8. The molecule has 1 amide bonds. The van der Waals surface area contributed by atoms with E-state index in [4.69, 9.17) is 0 Å². The van der Waals surface area contributed by atoms with Crippen molar-refractivity contribution in [2.45, 2.75) is 39.2 Å². The van der Waals surface area contributed by atoms with Gasteiger partial charge in [0.25, 0.3) is 5.91 Å². The predicted octanol–water partition coefficient (Wildman–Crippen LogP) is 6.03. The second kappa shape index (κ2) is 9.67. The number of aliphatic hydroxyl groups is 1. The third kappa shape index (κ3) is 4.33. The molecular formula is C26H25FN2O3S. The molecule has 2 heterocycles. The number of carbonyl (C=O) groups is 2. The van der Waals surface area contributed by atoms with Gasteiger partial charge in [-0.15, -0.1) is 11.3 Å². The van der Waals surface area contributed by atoms with Crippen LogP contribution in [0.2, 0.25) is 0 Å². The summed E-state index contributed by atoms with van der Waals surface area (Å²) in [6, 6.07) is 14.6. The number of Topliss-reactive ketones (excluding diaryl/α,β-unsaturated/α-hetero) is 1. The van der Waals surface area contributed by atoms with Crippen LogP contribution in [0.4, 0.5) is 4.39 Å². The number of aliphatic hydroxyl groups excluding tert-OH is 1. The molecule has 1 atom stereocenters. The molecule has 170 valence electrons. The lowest BCUT2D eigenvalue weighted by Crippen LogP contribution is -2.32. The monoisotopic (exact) mass is 464 g/mol. The van der Waals surface area contributed by atoms with Gasteiger partial charge in [0.15, 0.2) is 5.76 Å². The molecule has 0 bridgehead atoms. The molecule has 1 unspecified atom stereocenters. The van der Waals surface area contributed by atoms with E-state index in [1.54, 1.807) is 25.1 Å². The minimum absolute atomic E-state index is 0.0899. The standard InChI is InChI=1S/C26H25FN2O3S/c1-3-4-10-15-29-21(18-13-8-9-14-19(18)27)20(23(31)26(29)32)22(30)24-16(2)28-25(33-24)17-11-6-5-7-12-17/h5-9,11-14,21,31H,3-4,10,15H2,1-2H3. The molecule has 0 fully saturated rings. The molecule has 1 aliphatic heterocycles. The average Bonchev–Trinajstić information content (AvgIpc) is 3.33. The first kappa shape index (κ1) is 22.9. The SMILES string of the molecule is CCCCCN1C(=O)C(O)=C(C(=O)c2sc(-c3ccccc3)nc2C)C1c1ccccc1F. The third-order valence-corrected chi connectivity index (χ3v) is 6.98. The highest BCUT2D eigenvalue weighted by atomic mass is 32.1. The molecule has 0 spiro atoms. The number of carbonyl (C=O) groups excluding carboxylic acids is 2. The van der Waals surface area contributed by atoms with E-state index in [1.165, 1.54) is 22.3 Å². The molecule has 5 nitrogen and oxygen atoms in total. The van der Waals surface area contributed by atoms with E-state index in [9.17, 15) is 19.1 Å². The number of aryl methyl sites for hydroxylation is 1. The van der Waals surface area contributed by atoms with Crippen LogP contribution in [-0.4, -0.2) is 33.2 Å². The topological polar surface area (TPSA) is 70.5 Å². The van der Waals surface area contributed by atoms with E-state index in [2.05, 4.69) is 4.98 Å². The minimum atomic E-state index is -0.982. The van der Waals surface area contributed by atoms with Gasteiger partial charge >= 0.3 is 0 Å². The molecule has 33 heavy (non-hydrogen) atoms. The number of thiazole rings is 1. The van der Waals surface area contributed by atoms with Crippen molar-refractivity contribution >= 4 is 23.0 Å². The predicted molar refractivity (Wildman–Crippen MR) is 127 cm³/mol. The number of hydrogen-bond acceptors (Lipinski definition) is 5. The van der Waals surface area contributed by atoms with Gasteiger partial charge in [-0.1, -0.05) is 68.3 Å². The lowest BCUT2D eigenvalue weighted by molar-refractivity contribution is -0.129. The summed E-state index contributed by atoms with van der Waals surface area (Å²) < 4.78 is 14.8. The number of halogens is 1. The maximum Gasteiger partial charge on any atom is 0.290 e. The van der Waals surface area contributed by atoms with E-state index in [0.717, 1.165) is 18.4 Å². The lowest BCUT2D eigenvalue weighted by atomic mass is 9.94. The number of unbranched alkanes of at least 4 members (excludes halogenated alkanes) is 2. The number of nitrogens with zero attached hydrogens (tertiary/aromatic N) is 2. The van der Waals surface area contributed by atoms with Gasteiger partial charge in [0.05, 0.1) is 22.2 Å². The van der Waals surface area contributed by atoms with Crippen LogP contribution in [0.3, 0.4) is 0 Å². The van der Waals surface area contributed by atoms with E-state index >= 15 is 0 Å². The zero-order valence-corrected chi connectivity index (χ0v) is 19.4. The third-order valence-electron chi connectivity index (χ3n) is 5.77. The van der Waals surface area contributed by atoms with Crippen LogP contribution in [0, 0.1) is 12.7 Å². The Labute approximate surface area is 196 Å². The maximum atomic E-state index is 14.8. The van der Waals surface area contributed by atoms with Gasteiger partial charge in [-0.2, -0.15) is 0 Å². The number of ketones is 1. The average molecular weight is 465 g/mol. The summed E-state index contributed by atoms with van der Waals surface area (Å²) in [6.45, 7) is 4.09. The summed E-state index contributed by atoms with van der Waals surface area (Å²) in [5, 5.41) is 11.5. The molecule has 1 N–H and O–H groups in total. The number of benzene rings is 2. The fourth-order valence-electron chi connectivity index (χ4n) is 4.10. The van der Waals surface area contributed by atoms with Crippen LogP contribution in [0.1, 0.15) is 53.2 Å². The Morgan fingerprint density at radius 1 is 1.12 bits per heavy atom. The first-order chi connectivity index (χ1) is 15.9. The Balaban J connectivity index is 1.77. The largest absolute Gasteiger partial charge is 0.503 e. The fraction of sp³-hybridized carbons (Fsp3) is 0.269. The molecule has 0 aliphatic carbocycles. The maximum absolute atomic E-state index is 14.8. The highest BCUT2D eigenvalue weighted by molar-refractivity contribution is 7.17. The molecule has 0 saturated carbocycles.